The third kappa shape index (κ3) is 3.15. The van der Waals surface area contributed by atoms with Gasteiger partial charge in [0.15, 0.2) is 0 Å². The zero-order valence-electron chi connectivity index (χ0n) is 11.7. The van der Waals surface area contributed by atoms with Crippen LogP contribution in [0, 0.1) is 5.21 Å². The van der Waals surface area contributed by atoms with Crippen LogP contribution in [0.15, 0.2) is 17.0 Å². The van der Waals surface area contributed by atoms with E-state index in [2.05, 4.69) is 16.8 Å². The minimum absolute atomic E-state index is 0.00432. The molecule has 10 heteroatoms. The molecular formula is C11H18N4O4S2. The third-order valence-corrected chi connectivity index (χ3v) is 6.56. The molecule has 0 spiro atoms. The average molecular weight is 334 g/mol. The number of nitrogens with zero attached hydrogens (tertiary/aromatic N) is 4. The van der Waals surface area contributed by atoms with E-state index in [0.29, 0.717) is 13.0 Å². The van der Waals surface area contributed by atoms with Crippen LogP contribution in [0.3, 0.4) is 0 Å². The fourth-order valence-electron chi connectivity index (χ4n) is 2.15. The van der Waals surface area contributed by atoms with Crippen LogP contribution in [0.25, 0.3) is 0 Å². The van der Waals surface area contributed by atoms with Crippen molar-refractivity contribution in [2.75, 3.05) is 25.5 Å². The summed E-state index contributed by atoms with van der Waals surface area (Å²) in [6.45, 7) is 5.99. The summed E-state index contributed by atoms with van der Waals surface area (Å²) >= 11 is 0.737. The van der Waals surface area contributed by atoms with Crippen molar-refractivity contribution in [3.63, 3.8) is 0 Å². The molecule has 1 aromatic heterocycles. The number of hydrogen-bond donors (Lipinski definition) is 1. The molecule has 0 radical (unpaired) electrons. The van der Waals surface area contributed by atoms with Crippen molar-refractivity contribution in [3.05, 3.63) is 17.9 Å². The van der Waals surface area contributed by atoms with Gasteiger partial charge >= 0.3 is 5.13 Å². The van der Waals surface area contributed by atoms with E-state index in [1.54, 1.807) is 17.9 Å². The Morgan fingerprint density at radius 2 is 2.33 bits per heavy atom. The highest BCUT2D eigenvalue weighted by Gasteiger charge is 2.43. The number of aliphatic hydroxyl groups is 1. The maximum atomic E-state index is 12.7. The molecule has 21 heavy (non-hydrogen) atoms. The van der Waals surface area contributed by atoms with E-state index < -0.39 is 20.7 Å². The quantitative estimate of drug-likeness (QED) is 0.453. The molecule has 1 aliphatic rings. The van der Waals surface area contributed by atoms with Crippen molar-refractivity contribution in [1.29, 1.82) is 0 Å². The van der Waals surface area contributed by atoms with Gasteiger partial charge in [0.1, 0.15) is 6.67 Å². The van der Waals surface area contributed by atoms with Crippen LogP contribution in [0.1, 0.15) is 13.3 Å². The monoisotopic (exact) mass is 334 g/mol. The van der Waals surface area contributed by atoms with E-state index in [9.17, 15) is 18.7 Å². The first-order valence-corrected chi connectivity index (χ1v) is 8.97. The second kappa shape index (κ2) is 6.07. The zero-order valence-corrected chi connectivity index (χ0v) is 13.3. The van der Waals surface area contributed by atoms with Crippen molar-refractivity contribution in [3.8, 4) is 0 Å². The van der Waals surface area contributed by atoms with Crippen molar-refractivity contribution >= 4 is 26.3 Å². The first kappa shape index (κ1) is 16.5. The summed E-state index contributed by atoms with van der Waals surface area (Å²) < 4.78 is 22.6. The first-order chi connectivity index (χ1) is 9.83. The molecule has 0 aromatic carbocycles. The van der Waals surface area contributed by atoms with Gasteiger partial charge in [-0.25, -0.2) is 13.3 Å². The molecule has 1 fully saturated rings. The smallest absolute Gasteiger partial charge is 0.310 e. The largest absolute Gasteiger partial charge is 0.623 e. The summed E-state index contributed by atoms with van der Waals surface area (Å²) in [5.74, 6) is -0.0361. The van der Waals surface area contributed by atoms with Gasteiger partial charge in [-0.1, -0.05) is 18.1 Å². The molecule has 0 amide bonds. The second-order valence-corrected chi connectivity index (χ2v) is 8.15. The van der Waals surface area contributed by atoms with Crippen molar-refractivity contribution < 1.29 is 13.5 Å². The number of rotatable bonds is 6. The van der Waals surface area contributed by atoms with Crippen molar-refractivity contribution in [2.45, 2.75) is 23.9 Å². The van der Waals surface area contributed by atoms with Gasteiger partial charge in [0.2, 0.25) is 20.4 Å². The number of quaternary nitrogens is 1. The third-order valence-electron chi connectivity index (χ3n) is 3.16. The first-order valence-electron chi connectivity index (χ1n) is 6.50. The molecule has 1 saturated heterocycles. The summed E-state index contributed by atoms with van der Waals surface area (Å²) in [5.41, 5.74) is 0. The van der Waals surface area contributed by atoms with E-state index in [-0.39, 0.29) is 28.4 Å². The maximum absolute atomic E-state index is 12.7. The van der Waals surface area contributed by atoms with E-state index in [1.165, 1.54) is 0 Å². The van der Waals surface area contributed by atoms with Crippen LogP contribution in [-0.2, 0) is 9.84 Å². The number of aromatic nitrogens is 2. The number of hydroxylamine groups is 2. The highest BCUT2D eigenvalue weighted by atomic mass is 32.2. The predicted molar refractivity (Wildman–Crippen MR) is 80.1 cm³/mol. The number of aliphatic hydroxyl groups excluding tert-OH is 1. The van der Waals surface area contributed by atoms with Crippen molar-refractivity contribution in [2.24, 2.45) is 0 Å². The Bertz CT molecular complexity index is 617. The molecule has 0 saturated carbocycles. The lowest BCUT2D eigenvalue weighted by Gasteiger charge is -2.36. The summed E-state index contributed by atoms with van der Waals surface area (Å²) in [5, 5.41) is 30.0. The molecule has 0 aliphatic carbocycles. The Labute approximate surface area is 127 Å². The molecule has 1 N–H and O–H groups in total. The minimum atomic E-state index is -3.50. The lowest BCUT2D eigenvalue weighted by atomic mass is 10.5. The lowest BCUT2D eigenvalue weighted by molar-refractivity contribution is 0.0844. The summed E-state index contributed by atoms with van der Waals surface area (Å²) in [4.78, 5) is 1.73. The van der Waals surface area contributed by atoms with E-state index in [0.717, 1.165) is 11.3 Å². The SMILES string of the molecule is C=CCN1CC(O)[N+]([O-])(c2nnc(S(=O)(=O)CCC)s2)C1. The standard InChI is InChI=1S/C11H18N4O4S2/c1-3-5-14-7-9(16)15(17,8-14)10-12-13-11(20-10)21(18,19)6-4-2/h3,9,16H,1,4-8H2,2H3. The Hall–Kier alpha value is -0.910. The Kier molecular flexibility index (Phi) is 4.76. The van der Waals surface area contributed by atoms with Gasteiger partial charge in [-0.05, 0) is 17.8 Å². The molecule has 2 atom stereocenters. The average Bonchev–Trinajstić information content (AvgIpc) is 2.98. The van der Waals surface area contributed by atoms with E-state index in [1.807, 2.05) is 0 Å². The molecular weight excluding hydrogens is 316 g/mol. The van der Waals surface area contributed by atoms with Gasteiger partial charge in [-0.3, -0.25) is 4.65 Å². The van der Waals surface area contributed by atoms with Crippen LogP contribution in [0.4, 0.5) is 5.13 Å². The topological polar surface area (TPSA) is 106 Å². The Morgan fingerprint density at radius 3 is 2.95 bits per heavy atom. The Balaban J connectivity index is 2.27. The molecule has 2 unspecified atom stereocenters. The van der Waals surface area contributed by atoms with Crippen LogP contribution in [0.2, 0.25) is 0 Å². The summed E-state index contributed by atoms with van der Waals surface area (Å²) in [6.07, 6.45) is 0.892. The van der Waals surface area contributed by atoms with Crippen LogP contribution < -0.4 is 4.65 Å². The van der Waals surface area contributed by atoms with Gasteiger partial charge in [-0.2, -0.15) is 0 Å². The number of hydrogen-bond acceptors (Lipinski definition) is 8. The van der Waals surface area contributed by atoms with Crippen molar-refractivity contribution in [1.82, 2.24) is 19.7 Å². The summed E-state index contributed by atoms with van der Waals surface area (Å²) in [7, 11) is -3.50. The number of β-amino-alcohol motifs (C(OH)–C–C–N with tert-alkyl or cyclic N) is 1. The maximum Gasteiger partial charge on any atom is 0.310 e. The van der Waals surface area contributed by atoms with Gasteiger partial charge in [-0.15, -0.1) is 11.7 Å². The summed E-state index contributed by atoms with van der Waals surface area (Å²) in [6, 6.07) is 0. The molecule has 118 valence electrons. The van der Waals surface area contributed by atoms with E-state index in [4.69, 9.17) is 0 Å². The number of sulfone groups is 1. The van der Waals surface area contributed by atoms with Gasteiger partial charge in [0.05, 0.1) is 12.3 Å². The van der Waals surface area contributed by atoms with Gasteiger partial charge in [0, 0.05) is 6.54 Å². The zero-order chi connectivity index (χ0) is 15.7. The molecule has 1 aromatic rings. The highest BCUT2D eigenvalue weighted by Crippen LogP contribution is 2.34. The Morgan fingerprint density at radius 1 is 1.62 bits per heavy atom. The minimum Gasteiger partial charge on any atom is -0.623 e. The van der Waals surface area contributed by atoms with E-state index >= 15 is 0 Å². The van der Waals surface area contributed by atoms with Crippen LogP contribution >= 0.6 is 11.3 Å². The molecule has 0 bridgehead atoms. The lowest BCUT2D eigenvalue weighted by Crippen LogP contribution is -2.48. The predicted octanol–water partition coefficient (Wildman–Crippen LogP) is 0.304. The van der Waals surface area contributed by atoms with Crippen LogP contribution in [-0.4, -0.2) is 60.4 Å². The highest BCUT2D eigenvalue weighted by molar-refractivity contribution is 7.93. The molecule has 2 heterocycles. The van der Waals surface area contributed by atoms with Gasteiger partial charge in [0.25, 0.3) is 0 Å². The molecule has 1 aliphatic heterocycles. The van der Waals surface area contributed by atoms with Crippen LogP contribution in [0.5, 0.6) is 0 Å². The normalized spacial score (nSPS) is 27.1. The molecule has 2 rings (SSSR count). The van der Waals surface area contributed by atoms with Gasteiger partial charge < -0.3 is 10.3 Å². The molecule has 8 nitrogen and oxygen atoms in total. The second-order valence-electron chi connectivity index (χ2n) is 4.91. The fraction of sp³-hybridized carbons (Fsp3) is 0.636. The fourth-order valence-corrected chi connectivity index (χ4v) is 4.66.